The predicted molar refractivity (Wildman–Crippen MR) is 95.3 cm³/mol. The van der Waals surface area contributed by atoms with Gasteiger partial charge in [0.15, 0.2) is 0 Å². The number of piperazine rings is 1. The Bertz CT molecular complexity index is 737. The number of carbonyl (C=O) groups is 3. The van der Waals surface area contributed by atoms with Gasteiger partial charge in [-0.05, 0) is 31.7 Å². The van der Waals surface area contributed by atoms with E-state index in [4.69, 9.17) is 4.42 Å². The molecule has 1 atom stereocenters. The fraction of sp³-hybridized carbons (Fsp3) is 0.632. The van der Waals surface area contributed by atoms with E-state index in [2.05, 4.69) is 19.2 Å². The molecule has 0 radical (unpaired) electrons. The van der Waals surface area contributed by atoms with Crippen molar-refractivity contribution < 1.29 is 18.8 Å². The van der Waals surface area contributed by atoms with E-state index in [1.807, 2.05) is 19.9 Å². The normalized spacial score (nSPS) is 22.4. The number of nitrogens with zero attached hydrogens (tertiary/aromatic N) is 2. The highest BCUT2D eigenvalue weighted by Gasteiger charge is 2.37. The van der Waals surface area contributed by atoms with Crippen molar-refractivity contribution in [2.45, 2.75) is 46.6 Å². The zero-order chi connectivity index (χ0) is 19.1. The first-order chi connectivity index (χ1) is 12.2. The van der Waals surface area contributed by atoms with E-state index in [0.717, 1.165) is 29.9 Å². The molecule has 1 unspecified atom stereocenters. The molecule has 0 aromatic carbocycles. The average molecular weight is 361 g/mol. The smallest absolute Gasteiger partial charge is 0.312 e. The lowest BCUT2D eigenvalue weighted by atomic mass is 9.74. The molecule has 1 aliphatic heterocycles. The lowest BCUT2D eigenvalue weighted by Crippen LogP contribution is -2.56. The van der Waals surface area contributed by atoms with E-state index < -0.39 is 11.8 Å². The van der Waals surface area contributed by atoms with Crippen molar-refractivity contribution in [3.63, 3.8) is 0 Å². The zero-order valence-electron chi connectivity index (χ0n) is 15.9. The van der Waals surface area contributed by atoms with E-state index in [9.17, 15) is 14.4 Å². The highest BCUT2D eigenvalue weighted by molar-refractivity contribution is 6.35. The van der Waals surface area contributed by atoms with Gasteiger partial charge in [0.2, 0.25) is 5.91 Å². The average Bonchev–Trinajstić information content (AvgIpc) is 2.91. The van der Waals surface area contributed by atoms with Crippen LogP contribution in [0.3, 0.4) is 0 Å². The summed E-state index contributed by atoms with van der Waals surface area (Å²) in [6, 6.07) is 1.84. The molecule has 2 aliphatic rings. The van der Waals surface area contributed by atoms with Crippen LogP contribution < -0.4 is 5.32 Å². The quantitative estimate of drug-likeness (QED) is 0.822. The number of amides is 3. The predicted octanol–water partition coefficient (Wildman–Crippen LogP) is 1.41. The highest BCUT2D eigenvalue weighted by atomic mass is 16.3. The van der Waals surface area contributed by atoms with E-state index in [-0.39, 0.29) is 23.9 Å². The molecule has 3 amide bonds. The SMILES string of the molecule is CCN1CCN(CC(=O)NC2CC(C)(C)Cc3oc(C)cc32)C(=O)C1=O. The molecule has 26 heavy (non-hydrogen) atoms. The number of aryl methyl sites for hydroxylation is 1. The van der Waals surface area contributed by atoms with Gasteiger partial charge in [0.25, 0.3) is 0 Å². The molecule has 1 aliphatic carbocycles. The Labute approximate surface area is 153 Å². The Morgan fingerprint density at radius 3 is 2.62 bits per heavy atom. The van der Waals surface area contributed by atoms with E-state index in [1.165, 1.54) is 9.80 Å². The first-order valence-electron chi connectivity index (χ1n) is 9.17. The fourth-order valence-electron chi connectivity index (χ4n) is 3.89. The first kappa shape index (κ1) is 18.5. The van der Waals surface area contributed by atoms with Crippen molar-refractivity contribution in [3.8, 4) is 0 Å². The molecule has 2 heterocycles. The van der Waals surface area contributed by atoms with Crippen LogP contribution >= 0.6 is 0 Å². The second kappa shape index (κ2) is 6.78. The van der Waals surface area contributed by atoms with Crippen LogP contribution in [0.15, 0.2) is 10.5 Å². The van der Waals surface area contributed by atoms with Gasteiger partial charge in [-0.3, -0.25) is 14.4 Å². The minimum atomic E-state index is -0.600. The van der Waals surface area contributed by atoms with Crippen molar-refractivity contribution in [1.82, 2.24) is 15.1 Å². The topological polar surface area (TPSA) is 82.9 Å². The third kappa shape index (κ3) is 3.61. The standard InChI is InChI=1S/C19H27N3O4/c1-5-21-6-7-22(18(25)17(21)24)11-16(23)20-14-9-19(3,4)10-15-13(14)8-12(2)26-15/h8,14H,5-7,9-11H2,1-4H3,(H,20,23). The van der Waals surface area contributed by atoms with Gasteiger partial charge in [-0.1, -0.05) is 13.8 Å². The zero-order valence-corrected chi connectivity index (χ0v) is 15.9. The minimum Gasteiger partial charge on any atom is -0.466 e. The van der Waals surface area contributed by atoms with Crippen LogP contribution in [0.5, 0.6) is 0 Å². The maximum atomic E-state index is 12.5. The van der Waals surface area contributed by atoms with E-state index >= 15 is 0 Å². The van der Waals surface area contributed by atoms with Crippen LogP contribution in [0, 0.1) is 12.3 Å². The third-order valence-electron chi connectivity index (χ3n) is 5.18. The maximum Gasteiger partial charge on any atom is 0.312 e. The molecule has 0 spiro atoms. The molecule has 7 nitrogen and oxygen atoms in total. The van der Waals surface area contributed by atoms with Crippen LogP contribution in [0.1, 0.15) is 50.3 Å². The van der Waals surface area contributed by atoms with Crippen LogP contribution in [0.25, 0.3) is 0 Å². The van der Waals surface area contributed by atoms with Crippen LogP contribution in [-0.2, 0) is 20.8 Å². The number of carbonyl (C=O) groups excluding carboxylic acids is 3. The molecular weight excluding hydrogens is 334 g/mol. The molecule has 142 valence electrons. The second-order valence-corrected chi connectivity index (χ2v) is 8.01. The van der Waals surface area contributed by atoms with Crippen molar-refractivity contribution in [2.75, 3.05) is 26.2 Å². The molecule has 1 aromatic heterocycles. The number of hydrogen-bond acceptors (Lipinski definition) is 4. The van der Waals surface area contributed by atoms with Crippen molar-refractivity contribution >= 4 is 17.7 Å². The molecule has 1 saturated heterocycles. The van der Waals surface area contributed by atoms with Gasteiger partial charge in [-0.15, -0.1) is 0 Å². The van der Waals surface area contributed by atoms with Crippen molar-refractivity contribution in [2.24, 2.45) is 5.41 Å². The van der Waals surface area contributed by atoms with E-state index in [0.29, 0.717) is 19.6 Å². The lowest BCUT2D eigenvalue weighted by molar-refractivity contribution is -0.156. The molecule has 0 bridgehead atoms. The van der Waals surface area contributed by atoms with Gasteiger partial charge < -0.3 is 19.5 Å². The number of fused-ring (bicyclic) bond motifs is 1. The Hall–Kier alpha value is -2.31. The number of hydrogen-bond donors (Lipinski definition) is 1. The Morgan fingerprint density at radius 1 is 1.27 bits per heavy atom. The fourth-order valence-corrected chi connectivity index (χ4v) is 3.89. The summed E-state index contributed by atoms with van der Waals surface area (Å²) in [5.74, 6) is 0.383. The summed E-state index contributed by atoms with van der Waals surface area (Å²) in [4.78, 5) is 39.5. The summed E-state index contributed by atoms with van der Waals surface area (Å²) in [5.41, 5.74) is 1.04. The summed E-state index contributed by atoms with van der Waals surface area (Å²) >= 11 is 0. The van der Waals surface area contributed by atoms with Crippen molar-refractivity contribution in [1.29, 1.82) is 0 Å². The van der Waals surface area contributed by atoms with Gasteiger partial charge in [0.05, 0.1) is 6.04 Å². The summed E-state index contributed by atoms with van der Waals surface area (Å²) in [6.07, 6.45) is 1.65. The molecule has 3 rings (SSSR count). The van der Waals surface area contributed by atoms with Gasteiger partial charge in [-0.2, -0.15) is 0 Å². The summed E-state index contributed by atoms with van der Waals surface area (Å²) < 4.78 is 5.79. The number of rotatable bonds is 4. The minimum absolute atomic E-state index is 0.0216. The third-order valence-corrected chi connectivity index (χ3v) is 5.18. The molecule has 0 saturated carbocycles. The Balaban J connectivity index is 1.67. The molecule has 1 N–H and O–H groups in total. The van der Waals surface area contributed by atoms with Crippen molar-refractivity contribution in [3.05, 3.63) is 23.2 Å². The molecular formula is C19H27N3O4. The van der Waals surface area contributed by atoms with Gasteiger partial charge >= 0.3 is 11.8 Å². The Kier molecular flexibility index (Phi) is 4.82. The van der Waals surface area contributed by atoms with Gasteiger partial charge in [0, 0.05) is 31.6 Å². The van der Waals surface area contributed by atoms with Gasteiger partial charge in [-0.25, -0.2) is 0 Å². The lowest BCUT2D eigenvalue weighted by Gasteiger charge is -2.36. The monoisotopic (exact) mass is 361 g/mol. The Morgan fingerprint density at radius 2 is 1.92 bits per heavy atom. The second-order valence-electron chi connectivity index (χ2n) is 8.01. The molecule has 7 heteroatoms. The van der Waals surface area contributed by atoms with Crippen LogP contribution in [0.4, 0.5) is 0 Å². The number of likely N-dealkylation sites (N-methyl/N-ethyl adjacent to an activating group) is 1. The highest BCUT2D eigenvalue weighted by Crippen LogP contribution is 2.41. The number of furan rings is 1. The van der Waals surface area contributed by atoms with Crippen LogP contribution in [-0.4, -0.2) is 53.7 Å². The first-order valence-corrected chi connectivity index (χ1v) is 9.17. The summed E-state index contributed by atoms with van der Waals surface area (Å²) in [6.45, 7) is 9.31. The maximum absolute atomic E-state index is 12.5. The van der Waals surface area contributed by atoms with E-state index in [1.54, 1.807) is 0 Å². The van der Waals surface area contributed by atoms with Crippen LogP contribution in [0.2, 0.25) is 0 Å². The summed E-state index contributed by atoms with van der Waals surface area (Å²) in [5, 5.41) is 3.03. The summed E-state index contributed by atoms with van der Waals surface area (Å²) in [7, 11) is 0. The molecule has 1 aromatic rings. The largest absolute Gasteiger partial charge is 0.466 e. The molecule has 1 fully saturated rings. The van der Waals surface area contributed by atoms with Gasteiger partial charge in [0.1, 0.15) is 18.1 Å². The number of nitrogens with one attached hydrogen (secondary N) is 1.